The number of likely N-dealkylation sites (N-methyl/N-ethyl adjacent to an activating group) is 1. The molecule has 2 N–H and O–H groups in total. The van der Waals surface area contributed by atoms with Gasteiger partial charge in [-0.25, -0.2) is 9.37 Å². The van der Waals surface area contributed by atoms with E-state index in [1.54, 1.807) is 25.4 Å². The quantitative estimate of drug-likeness (QED) is 0.665. The number of aryl methyl sites for hydroxylation is 1. The molecule has 3 rings (SSSR count). The summed E-state index contributed by atoms with van der Waals surface area (Å²) in [6.07, 6.45) is 3.47. The van der Waals surface area contributed by atoms with Gasteiger partial charge in [0.05, 0.1) is 5.69 Å². The minimum atomic E-state index is -0.258. The number of pyridine rings is 1. The Morgan fingerprint density at radius 3 is 2.67 bits per heavy atom. The second-order valence-corrected chi connectivity index (χ2v) is 6.52. The average Bonchev–Trinajstić information content (AvgIpc) is 2.65. The summed E-state index contributed by atoms with van der Waals surface area (Å²) in [6.45, 7) is 3.30. The number of benzene rings is 1. The van der Waals surface area contributed by atoms with Crippen LogP contribution in [0.2, 0.25) is 0 Å². The molecule has 0 saturated heterocycles. The van der Waals surface area contributed by atoms with Gasteiger partial charge in [-0.1, -0.05) is 6.07 Å². The van der Waals surface area contributed by atoms with Gasteiger partial charge in [-0.2, -0.15) is 4.98 Å². The van der Waals surface area contributed by atoms with E-state index < -0.39 is 0 Å². The normalized spacial score (nSPS) is 10.9. The molecule has 0 fully saturated rings. The van der Waals surface area contributed by atoms with Gasteiger partial charge in [-0.05, 0) is 50.8 Å². The number of rotatable bonds is 7. The van der Waals surface area contributed by atoms with Crippen molar-refractivity contribution in [3.05, 3.63) is 60.2 Å². The largest absolute Gasteiger partial charge is 0.353 e. The molecular weight excluding hydrogens is 343 g/mol. The first-order valence-corrected chi connectivity index (χ1v) is 8.72. The predicted octanol–water partition coefficient (Wildman–Crippen LogP) is 3.70. The molecule has 0 aliphatic carbocycles. The summed E-state index contributed by atoms with van der Waals surface area (Å²) in [4.78, 5) is 15.3. The summed E-state index contributed by atoms with van der Waals surface area (Å²) in [5, 5.41) is 6.39. The second-order valence-electron chi connectivity index (χ2n) is 6.52. The van der Waals surface area contributed by atoms with Gasteiger partial charge in [0.1, 0.15) is 11.6 Å². The molecule has 0 atom stereocenters. The average molecular weight is 366 g/mol. The van der Waals surface area contributed by atoms with Crippen LogP contribution in [0.5, 0.6) is 0 Å². The Morgan fingerprint density at radius 2 is 1.96 bits per heavy atom. The second kappa shape index (κ2) is 8.55. The molecule has 2 aromatic heterocycles. The maximum absolute atomic E-state index is 13.8. The van der Waals surface area contributed by atoms with Crippen molar-refractivity contribution < 1.29 is 4.39 Å². The highest BCUT2D eigenvalue weighted by Gasteiger charge is 2.08. The molecule has 3 aromatic rings. The Bertz CT molecular complexity index is 898. The number of halogens is 1. The van der Waals surface area contributed by atoms with Gasteiger partial charge in [0, 0.05) is 42.8 Å². The molecule has 0 radical (unpaired) electrons. The van der Waals surface area contributed by atoms with Crippen LogP contribution in [0.4, 0.5) is 21.8 Å². The van der Waals surface area contributed by atoms with Crippen LogP contribution in [-0.2, 0) is 0 Å². The summed E-state index contributed by atoms with van der Waals surface area (Å²) in [6, 6.07) is 10.6. The lowest BCUT2D eigenvalue weighted by molar-refractivity contribution is 0.425. The van der Waals surface area contributed by atoms with Crippen LogP contribution in [0, 0.1) is 12.7 Å². The number of nitrogens with one attached hydrogen (secondary N) is 2. The van der Waals surface area contributed by atoms with Gasteiger partial charge >= 0.3 is 0 Å². The standard InChI is InChI=1S/C20H23FN6/c1-14-6-7-16(11-17(14)21)24-19-12-18(15-5-4-8-22-13-15)25-20(26-19)23-9-10-27(2)3/h4-8,11-13H,9-10H2,1-3H3,(H2,23,24,25,26). The molecule has 6 nitrogen and oxygen atoms in total. The fourth-order valence-corrected chi connectivity index (χ4v) is 2.46. The van der Waals surface area contributed by atoms with E-state index in [-0.39, 0.29) is 5.82 Å². The van der Waals surface area contributed by atoms with E-state index in [4.69, 9.17) is 0 Å². The van der Waals surface area contributed by atoms with Crippen molar-refractivity contribution in [2.24, 2.45) is 0 Å². The first kappa shape index (κ1) is 18.7. The van der Waals surface area contributed by atoms with Crippen LogP contribution in [0.3, 0.4) is 0 Å². The molecular formula is C20H23FN6. The monoisotopic (exact) mass is 366 g/mol. The van der Waals surface area contributed by atoms with E-state index >= 15 is 0 Å². The zero-order chi connectivity index (χ0) is 19.2. The van der Waals surface area contributed by atoms with Gasteiger partial charge < -0.3 is 15.5 Å². The minimum Gasteiger partial charge on any atom is -0.353 e. The molecule has 0 spiro atoms. The van der Waals surface area contributed by atoms with Gasteiger partial charge in [-0.15, -0.1) is 0 Å². The Kier molecular flexibility index (Phi) is 5.93. The van der Waals surface area contributed by atoms with Crippen LogP contribution in [-0.4, -0.2) is 47.0 Å². The van der Waals surface area contributed by atoms with Gasteiger partial charge in [0.25, 0.3) is 0 Å². The lowest BCUT2D eigenvalue weighted by Crippen LogP contribution is -2.21. The summed E-state index contributed by atoms with van der Waals surface area (Å²) < 4.78 is 13.8. The smallest absolute Gasteiger partial charge is 0.225 e. The van der Waals surface area contributed by atoms with Crippen LogP contribution in [0.25, 0.3) is 11.3 Å². The van der Waals surface area contributed by atoms with E-state index in [9.17, 15) is 4.39 Å². The molecule has 2 heterocycles. The van der Waals surface area contributed by atoms with Crippen LogP contribution in [0.1, 0.15) is 5.56 Å². The molecule has 1 aromatic carbocycles. The van der Waals surface area contributed by atoms with Crippen molar-refractivity contribution >= 4 is 17.5 Å². The first-order valence-electron chi connectivity index (χ1n) is 8.72. The van der Waals surface area contributed by atoms with Crippen molar-refractivity contribution in [1.29, 1.82) is 0 Å². The van der Waals surface area contributed by atoms with E-state index in [0.29, 0.717) is 29.6 Å². The Labute approximate surface area is 158 Å². The van der Waals surface area contributed by atoms with Crippen molar-refractivity contribution in [3.63, 3.8) is 0 Å². The van der Waals surface area contributed by atoms with Crippen LogP contribution < -0.4 is 10.6 Å². The van der Waals surface area contributed by atoms with Crippen molar-refractivity contribution in [2.75, 3.05) is 37.8 Å². The molecule has 0 saturated carbocycles. The summed E-state index contributed by atoms with van der Waals surface area (Å²) in [7, 11) is 4.01. The van der Waals surface area contributed by atoms with E-state index in [1.165, 1.54) is 6.07 Å². The minimum absolute atomic E-state index is 0.258. The molecule has 140 valence electrons. The molecule has 0 aliphatic rings. The fourth-order valence-electron chi connectivity index (χ4n) is 2.46. The zero-order valence-corrected chi connectivity index (χ0v) is 15.7. The number of nitrogens with zero attached hydrogens (tertiary/aromatic N) is 4. The topological polar surface area (TPSA) is 66.0 Å². The fraction of sp³-hybridized carbons (Fsp3) is 0.250. The highest BCUT2D eigenvalue weighted by molar-refractivity contribution is 5.67. The maximum atomic E-state index is 13.8. The molecule has 0 bridgehead atoms. The molecule has 7 heteroatoms. The van der Waals surface area contributed by atoms with Crippen molar-refractivity contribution in [3.8, 4) is 11.3 Å². The highest BCUT2D eigenvalue weighted by atomic mass is 19.1. The number of hydrogen-bond acceptors (Lipinski definition) is 6. The Hall–Kier alpha value is -3.06. The number of hydrogen-bond donors (Lipinski definition) is 2. The van der Waals surface area contributed by atoms with Crippen LogP contribution in [0.15, 0.2) is 48.8 Å². The maximum Gasteiger partial charge on any atom is 0.225 e. The van der Waals surface area contributed by atoms with E-state index in [0.717, 1.165) is 17.8 Å². The van der Waals surface area contributed by atoms with Gasteiger partial charge in [0.15, 0.2) is 0 Å². The SMILES string of the molecule is Cc1ccc(Nc2cc(-c3cccnc3)nc(NCCN(C)C)n2)cc1F. The Balaban J connectivity index is 1.90. The van der Waals surface area contributed by atoms with Crippen LogP contribution >= 0.6 is 0 Å². The third-order valence-corrected chi connectivity index (χ3v) is 3.97. The zero-order valence-electron chi connectivity index (χ0n) is 15.7. The third-order valence-electron chi connectivity index (χ3n) is 3.97. The third kappa shape index (κ3) is 5.21. The molecule has 27 heavy (non-hydrogen) atoms. The molecule has 0 unspecified atom stereocenters. The molecule has 0 amide bonds. The highest BCUT2D eigenvalue weighted by Crippen LogP contribution is 2.24. The van der Waals surface area contributed by atoms with E-state index in [2.05, 4.69) is 30.5 Å². The summed E-state index contributed by atoms with van der Waals surface area (Å²) in [5.74, 6) is 0.832. The number of aromatic nitrogens is 3. The predicted molar refractivity (Wildman–Crippen MR) is 107 cm³/mol. The van der Waals surface area contributed by atoms with Gasteiger partial charge in [0.2, 0.25) is 5.95 Å². The molecule has 0 aliphatic heterocycles. The van der Waals surface area contributed by atoms with Gasteiger partial charge in [-0.3, -0.25) is 4.98 Å². The Morgan fingerprint density at radius 1 is 1.11 bits per heavy atom. The summed E-state index contributed by atoms with van der Waals surface area (Å²) in [5.41, 5.74) is 2.85. The lowest BCUT2D eigenvalue weighted by Gasteiger charge is -2.13. The lowest BCUT2D eigenvalue weighted by atomic mass is 10.2. The van der Waals surface area contributed by atoms with Crippen molar-refractivity contribution in [2.45, 2.75) is 6.92 Å². The summed E-state index contributed by atoms with van der Waals surface area (Å²) >= 11 is 0. The van der Waals surface area contributed by atoms with Crippen molar-refractivity contribution in [1.82, 2.24) is 19.9 Å². The first-order chi connectivity index (χ1) is 13.0. The van der Waals surface area contributed by atoms with E-state index in [1.807, 2.05) is 38.4 Å². The number of anilines is 3.